The zero-order valence-corrected chi connectivity index (χ0v) is 16.4. The highest BCUT2D eigenvalue weighted by Crippen LogP contribution is 2.52. The van der Waals surface area contributed by atoms with Crippen molar-refractivity contribution in [2.45, 2.75) is 75.4 Å². The molecule has 17 heavy (non-hydrogen) atoms. The lowest BCUT2D eigenvalue weighted by atomic mass is 9.87. The summed E-state index contributed by atoms with van der Waals surface area (Å²) < 4.78 is 18.0. The monoisotopic (exact) mass is 274 g/mol. The minimum atomic E-state index is -0.265. The SMILES string of the molecule is CC(C)(OC(C)(C)C1(C)OC1[SiH3])C1(C)OC1[SiH3]. The Morgan fingerprint density at radius 3 is 1.29 bits per heavy atom. The Morgan fingerprint density at radius 1 is 0.882 bits per heavy atom. The molecule has 0 amide bonds. The predicted molar refractivity (Wildman–Crippen MR) is 75.7 cm³/mol. The van der Waals surface area contributed by atoms with Crippen LogP contribution in [0.3, 0.4) is 0 Å². The molecule has 0 radical (unpaired) electrons. The molecule has 0 aliphatic carbocycles. The van der Waals surface area contributed by atoms with Crippen LogP contribution in [0.5, 0.6) is 0 Å². The molecule has 100 valence electrons. The number of rotatable bonds is 4. The fraction of sp³-hybridized carbons (Fsp3) is 1.00. The van der Waals surface area contributed by atoms with Crippen LogP contribution >= 0.6 is 0 Å². The largest absolute Gasteiger partial charge is 0.368 e. The van der Waals surface area contributed by atoms with Gasteiger partial charge in [0.05, 0.1) is 22.7 Å². The first-order valence-electron chi connectivity index (χ1n) is 6.52. The molecule has 2 fully saturated rings. The fourth-order valence-corrected chi connectivity index (χ4v) is 5.14. The van der Waals surface area contributed by atoms with Crippen LogP contribution in [0.1, 0.15) is 41.5 Å². The lowest BCUT2D eigenvalue weighted by Gasteiger charge is -2.41. The van der Waals surface area contributed by atoms with Crippen molar-refractivity contribution in [3.8, 4) is 0 Å². The summed E-state index contributed by atoms with van der Waals surface area (Å²) in [4.78, 5) is 0. The van der Waals surface area contributed by atoms with Gasteiger partial charge < -0.3 is 14.2 Å². The summed E-state index contributed by atoms with van der Waals surface area (Å²) in [5.74, 6) is 0. The van der Waals surface area contributed by atoms with Gasteiger partial charge in [-0.05, 0) is 41.5 Å². The van der Waals surface area contributed by atoms with Crippen LogP contribution in [0.15, 0.2) is 0 Å². The lowest BCUT2D eigenvalue weighted by molar-refractivity contribution is -0.177. The van der Waals surface area contributed by atoms with Crippen molar-refractivity contribution >= 4 is 20.5 Å². The molecule has 2 aliphatic rings. The molecule has 4 atom stereocenters. The number of epoxide rings is 2. The van der Waals surface area contributed by atoms with Crippen molar-refractivity contribution in [2.24, 2.45) is 0 Å². The molecule has 0 spiro atoms. The Balaban J connectivity index is 2.11. The first-order valence-corrected chi connectivity index (χ1v) is 8.83. The summed E-state index contributed by atoms with van der Waals surface area (Å²) >= 11 is 0. The molecule has 0 saturated carbocycles. The lowest BCUT2D eigenvalue weighted by Crippen LogP contribution is -2.53. The Labute approximate surface area is 110 Å². The van der Waals surface area contributed by atoms with E-state index in [1.807, 2.05) is 0 Å². The van der Waals surface area contributed by atoms with E-state index in [4.69, 9.17) is 14.2 Å². The van der Waals surface area contributed by atoms with E-state index in [0.717, 1.165) is 20.5 Å². The van der Waals surface area contributed by atoms with Crippen LogP contribution in [0, 0.1) is 0 Å². The van der Waals surface area contributed by atoms with Gasteiger partial charge in [0.1, 0.15) is 11.2 Å². The summed E-state index contributed by atoms with van der Waals surface area (Å²) in [6.45, 7) is 12.9. The van der Waals surface area contributed by atoms with Gasteiger partial charge in [-0.2, -0.15) is 0 Å². The Hall–Kier alpha value is 0.314. The van der Waals surface area contributed by atoms with E-state index >= 15 is 0 Å². The van der Waals surface area contributed by atoms with Gasteiger partial charge in [-0.1, -0.05) is 0 Å². The first-order chi connectivity index (χ1) is 7.46. The van der Waals surface area contributed by atoms with Gasteiger partial charge in [-0.25, -0.2) is 0 Å². The highest BCUT2D eigenvalue weighted by molar-refractivity contribution is 6.14. The average molecular weight is 275 g/mol. The normalized spacial score (nSPS) is 46.2. The molecule has 2 rings (SSSR count). The number of hydrogen-bond donors (Lipinski definition) is 0. The standard InChI is InChI=1S/C12H26O3Si2/c1-9(2,11(5)7(16)13-11)15-10(3,4)12(6)8(17)14-12/h7-8H,1-6,16-17H3. The second-order valence-electron chi connectivity index (χ2n) is 6.86. The fourth-order valence-electron chi connectivity index (χ4n) is 2.77. The topological polar surface area (TPSA) is 34.3 Å². The van der Waals surface area contributed by atoms with Crippen molar-refractivity contribution < 1.29 is 14.2 Å². The maximum atomic E-state index is 6.41. The van der Waals surface area contributed by atoms with Gasteiger partial charge in [0.25, 0.3) is 0 Å². The predicted octanol–water partition coefficient (Wildman–Crippen LogP) is -0.479. The Bertz CT molecular complexity index is 313. The van der Waals surface area contributed by atoms with Gasteiger partial charge >= 0.3 is 0 Å². The highest BCUT2D eigenvalue weighted by Gasteiger charge is 2.66. The molecular weight excluding hydrogens is 248 g/mol. The van der Waals surface area contributed by atoms with Crippen LogP contribution in [0.2, 0.25) is 0 Å². The summed E-state index contributed by atoms with van der Waals surface area (Å²) in [7, 11) is 2.13. The van der Waals surface area contributed by atoms with Gasteiger partial charge in [0.15, 0.2) is 0 Å². The molecule has 3 nitrogen and oxygen atoms in total. The first kappa shape index (κ1) is 13.7. The molecule has 4 unspecified atom stereocenters. The van der Waals surface area contributed by atoms with Crippen LogP contribution in [-0.2, 0) is 14.2 Å². The summed E-state index contributed by atoms with van der Waals surface area (Å²) in [6.07, 6.45) is 0. The van der Waals surface area contributed by atoms with Gasteiger partial charge in [-0.3, -0.25) is 0 Å². The summed E-state index contributed by atoms with van der Waals surface area (Å²) in [5.41, 5.74) is 0.0735. The van der Waals surface area contributed by atoms with Gasteiger partial charge in [0.2, 0.25) is 0 Å². The van der Waals surface area contributed by atoms with E-state index in [1.165, 1.54) is 0 Å². The van der Waals surface area contributed by atoms with Crippen LogP contribution in [0.4, 0.5) is 0 Å². The van der Waals surface area contributed by atoms with E-state index in [-0.39, 0.29) is 22.4 Å². The third-order valence-electron chi connectivity index (χ3n) is 5.18. The van der Waals surface area contributed by atoms with Crippen molar-refractivity contribution in [3.05, 3.63) is 0 Å². The molecule has 0 bridgehead atoms. The van der Waals surface area contributed by atoms with E-state index in [2.05, 4.69) is 41.5 Å². The second kappa shape index (κ2) is 3.45. The molecule has 0 aromatic carbocycles. The van der Waals surface area contributed by atoms with Crippen LogP contribution in [0.25, 0.3) is 0 Å². The smallest absolute Gasteiger partial charge is 0.116 e. The third kappa shape index (κ3) is 1.87. The maximum Gasteiger partial charge on any atom is 0.116 e. The van der Waals surface area contributed by atoms with E-state index in [0.29, 0.717) is 11.5 Å². The molecule has 2 saturated heterocycles. The van der Waals surface area contributed by atoms with Crippen molar-refractivity contribution in [3.63, 3.8) is 0 Å². The molecule has 0 aromatic rings. The maximum absolute atomic E-state index is 6.41. The van der Waals surface area contributed by atoms with Crippen molar-refractivity contribution in [2.75, 3.05) is 0 Å². The van der Waals surface area contributed by atoms with Gasteiger partial charge in [-0.15, -0.1) is 0 Å². The van der Waals surface area contributed by atoms with Crippen molar-refractivity contribution in [1.29, 1.82) is 0 Å². The van der Waals surface area contributed by atoms with Crippen LogP contribution in [-0.4, -0.2) is 54.3 Å². The van der Waals surface area contributed by atoms with E-state index in [1.54, 1.807) is 0 Å². The third-order valence-corrected chi connectivity index (χ3v) is 7.86. The van der Waals surface area contributed by atoms with E-state index < -0.39 is 0 Å². The van der Waals surface area contributed by atoms with Crippen molar-refractivity contribution in [1.82, 2.24) is 0 Å². The molecule has 2 aliphatic heterocycles. The van der Waals surface area contributed by atoms with Crippen LogP contribution < -0.4 is 0 Å². The van der Waals surface area contributed by atoms with Gasteiger partial charge in [0, 0.05) is 20.5 Å². The zero-order valence-electron chi connectivity index (χ0n) is 12.4. The molecule has 0 aromatic heterocycles. The minimum Gasteiger partial charge on any atom is -0.368 e. The number of ether oxygens (including phenoxy) is 3. The van der Waals surface area contributed by atoms with E-state index in [9.17, 15) is 0 Å². The molecule has 0 N–H and O–H groups in total. The zero-order chi connectivity index (χ0) is 13.3. The summed E-state index contributed by atoms with van der Waals surface area (Å²) in [6, 6.07) is 0. The molecule has 5 heteroatoms. The minimum absolute atomic E-state index is 0.109. The molecular formula is C12H26O3Si2. The second-order valence-corrected chi connectivity index (χ2v) is 8.95. The quantitative estimate of drug-likeness (QED) is 0.513. The highest BCUT2D eigenvalue weighted by atomic mass is 28.1. The number of hydrogen-bond acceptors (Lipinski definition) is 3. The summed E-state index contributed by atoms with van der Waals surface area (Å²) in [5, 5.41) is 0. The average Bonchev–Trinajstić information content (AvgIpc) is 2.92. The molecule has 2 heterocycles. The Morgan fingerprint density at radius 2 is 1.12 bits per heavy atom. The Kier molecular flexibility index (Phi) is 2.79.